The molecule has 0 spiro atoms. The van der Waals surface area contributed by atoms with Gasteiger partial charge in [0.05, 0.1) is 24.6 Å². The summed E-state index contributed by atoms with van der Waals surface area (Å²) in [5.74, 6) is -2.12. The summed E-state index contributed by atoms with van der Waals surface area (Å²) < 4.78 is 6.14. The Kier molecular flexibility index (Phi) is 13.3. The van der Waals surface area contributed by atoms with Crippen LogP contribution in [0, 0.1) is 5.92 Å². The highest BCUT2D eigenvalue weighted by Crippen LogP contribution is 2.20. The fourth-order valence-corrected chi connectivity index (χ4v) is 5.75. The lowest BCUT2D eigenvalue weighted by atomic mass is 10.0. The lowest BCUT2D eigenvalue weighted by Gasteiger charge is -2.32. The molecule has 3 atom stereocenters. The van der Waals surface area contributed by atoms with Gasteiger partial charge in [-0.1, -0.05) is 86.6 Å². The predicted molar refractivity (Wildman–Crippen MR) is 187 cm³/mol. The van der Waals surface area contributed by atoms with Crippen molar-refractivity contribution in [3.05, 3.63) is 102 Å². The van der Waals surface area contributed by atoms with Crippen LogP contribution in [0.25, 0.3) is 0 Å². The van der Waals surface area contributed by atoms with Gasteiger partial charge in [-0.3, -0.25) is 24.0 Å². The predicted octanol–water partition coefficient (Wildman–Crippen LogP) is 2.99. The van der Waals surface area contributed by atoms with Crippen LogP contribution >= 0.6 is 0 Å². The average Bonchev–Trinajstić information content (AvgIpc) is 3.09. The molecule has 3 aromatic rings. The summed E-state index contributed by atoms with van der Waals surface area (Å²) in [5, 5.41) is 8.61. The molecule has 0 unspecified atom stereocenters. The Morgan fingerprint density at radius 1 is 0.878 bits per heavy atom. The lowest BCUT2D eigenvalue weighted by Crippen LogP contribution is -2.54. The van der Waals surface area contributed by atoms with E-state index in [0.29, 0.717) is 25.8 Å². The molecule has 11 nitrogen and oxygen atoms in total. The van der Waals surface area contributed by atoms with E-state index in [1.54, 1.807) is 24.3 Å². The Morgan fingerprint density at radius 2 is 1.51 bits per heavy atom. The molecule has 3 N–H and O–H groups in total. The van der Waals surface area contributed by atoms with Gasteiger partial charge in [-0.25, -0.2) is 0 Å². The molecule has 260 valence electrons. The van der Waals surface area contributed by atoms with E-state index in [1.807, 2.05) is 74.5 Å². The van der Waals surface area contributed by atoms with Crippen molar-refractivity contribution in [1.82, 2.24) is 25.8 Å². The Morgan fingerprint density at radius 3 is 2.18 bits per heavy atom. The minimum atomic E-state index is -1.23. The summed E-state index contributed by atoms with van der Waals surface area (Å²) in [6.07, 6.45) is 0.960. The minimum Gasteiger partial charge on any atom is -0.491 e. The Hall–Kier alpha value is -5.19. The van der Waals surface area contributed by atoms with Crippen molar-refractivity contribution in [3.8, 4) is 5.75 Å². The number of amides is 5. The minimum absolute atomic E-state index is 0.0309. The van der Waals surface area contributed by atoms with Gasteiger partial charge >= 0.3 is 0 Å². The van der Waals surface area contributed by atoms with Gasteiger partial charge in [0.1, 0.15) is 24.4 Å². The molecule has 0 aromatic heterocycles. The van der Waals surface area contributed by atoms with E-state index < -0.39 is 41.8 Å². The standard InChI is InChI=1S/C38H47N5O6/c1-26(2)21-32-38(48)42(3)24-34(44)40-29(22-28-15-9-6-10-16-28)25-49-33-18-12-11-17-30(33)36(46)41-31(23-35(45)43(32)4)37(47)39-20-19-27-13-7-5-8-14-27/h5-18,26,29,31-32H,19-25H2,1-4H3,(H,39,47)(H,40,44)(H,41,46)/t29-,31+,32+/m1/s1. The van der Waals surface area contributed by atoms with Crippen molar-refractivity contribution in [2.24, 2.45) is 5.92 Å². The number of likely N-dealkylation sites (N-methyl/N-ethyl adjacent to an activating group) is 2. The number of carbonyl (C=O) groups is 5. The molecule has 0 saturated carbocycles. The van der Waals surface area contributed by atoms with Crippen LogP contribution < -0.4 is 20.7 Å². The van der Waals surface area contributed by atoms with Gasteiger partial charge in [-0.15, -0.1) is 0 Å². The maximum atomic E-state index is 13.8. The summed E-state index contributed by atoms with van der Waals surface area (Å²) in [7, 11) is 3.05. The van der Waals surface area contributed by atoms with Gasteiger partial charge in [0.2, 0.25) is 23.6 Å². The van der Waals surface area contributed by atoms with Crippen molar-refractivity contribution in [3.63, 3.8) is 0 Å². The molecule has 0 aliphatic carbocycles. The van der Waals surface area contributed by atoms with Gasteiger partial charge in [-0.05, 0) is 48.4 Å². The van der Waals surface area contributed by atoms with E-state index in [9.17, 15) is 24.0 Å². The summed E-state index contributed by atoms with van der Waals surface area (Å²) in [6, 6.07) is 23.3. The molecule has 0 radical (unpaired) electrons. The summed E-state index contributed by atoms with van der Waals surface area (Å²) >= 11 is 0. The number of hydrogen-bond acceptors (Lipinski definition) is 6. The number of nitrogens with one attached hydrogen (secondary N) is 3. The third-order valence-corrected chi connectivity index (χ3v) is 8.42. The molecule has 11 heteroatoms. The van der Waals surface area contributed by atoms with Gasteiger partial charge < -0.3 is 30.5 Å². The number of fused-ring (bicyclic) bond motifs is 1. The largest absolute Gasteiger partial charge is 0.491 e. The highest BCUT2D eigenvalue weighted by atomic mass is 16.5. The zero-order valence-electron chi connectivity index (χ0n) is 28.7. The van der Waals surface area contributed by atoms with Crippen LogP contribution in [-0.4, -0.2) is 91.3 Å². The SMILES string of the molecule is CC(C)C[C@H]1C(=O)N(C)CC(=O)N[C@H](Cc2ccccc2)COc2ccccc2C(=O)N[C@H](C(=O)NCCc2ccccc2)CC(=O)N1C. The second-order valence-electron chi connectivity index (χ2n) is 12.9. The number of para-hydroxylation sites is 1. The number of nitrogens with zero attached hydrogens (tertiary/aromatic N) is 2. The quantitative estimate of drug-likeness (QED) is 0.338. The van der Waals surface area contributed by atoms with Gasteiger partial charge in [0.25, 0.3) is 5.91 Å². The van der Waals surface area contributed by atoms with E-state index in [1.165, 1.54) is 23.9 Å². The molecule has 0 saturated heterocycles. The second-order valence-corrected chi connectivity index (χ2v) is 12.9. The highest BCUT2D eigenvalue weighted by molar-refractivity contribution is 6.01. The van der Waals surface area contributed by atoms with Crippen LogP contribution in [0.1, 0.15) is 48.2 Å². The monoisotopic (exact) mass is 669 g/mol. The van der Waals surface area contributed by atoms with Gasteiger partial charge in [-0.2, -0.15) is 0 Å². The summed E-state index contributed by atoms with van der Waals surface area (Å²) in [5.41, 5.74) is 2.17. The van der Waals surface area contributed by atoms with Crippen LogP contribution in [-0.2, 0) is 32.0 Å². The normalized spacial score (nSPS) is 19.7. The van der Waals surface area contributed by atoms with E-state index in [-0.39, 0.29) is 42.7 Å². The molecular weight excluding hydrogens is 622 g/mol. The van der Waals surface area contributed by atoms with Gasteiger partial charge in [0.15, 0.2) is 0 Å². The molecule has 1 aliphatic rings. The van der Waals surface area contributed by atoms with E-state index in [0.717, 1.165) is 11.1 Å². The van der Waals surface area contributed by atoms with E-state index >= 15 is 0 Å². The first-order valence-electron chi connectivity index (χ1n) is 16.7. The van der Waals surface area contributed by atoms with E-state index in [2.05, 4.69) is 16.0 Å². The number of hydrogen-bond donors (Lipinski definition) is 3. The van der Waals surface area contributed by atoms with Crippen LogP contribution in [0.15, 0.2) is 84.9 Å². The molecule has 49 heavy (non-hydrogen) atoms. The molecule has 1 heterocycles. The molecule has 0 fully saturated rings. The Balaban J connectivity index is 1.65. The Labute approximate surface area is 288 Å². The van der Waals surface area contributed by atoms with Crippen molar-refractivity contribution < 1.29 is 28.7 Å². The van der Waals surface area contributed by atoms with Crippen molar-refractivity contribution in [2.75, 3.05) is 33.8 Å². The maximum Gasteiger partial charge on any atom is 0.255 e. The summed E-state index contributed by atoms with van der Waals surface area (Å²) in [4.78, 5) is 70.8. The van der Waals surface area contributed by atoms with Gasteiger partial charge in [0, 0.05) is 20.6 Å². The van der Waals surface area contributed by atoms with Crippen molar-refractivity contribution in [2.45, 2.75) is 57.7 Å². The molecule has 0 bridgehead atoms. The third kappa shape index (κ3) is 10.9. The molecule has 4 rings (SSSR count). The van der Waals surface area contributed by atoms with Crippen LogP contribution in [0.5, 0.6) is 5.75 Å². The summed E-state index contributed by atoms with van der Waals surface area (Å²) in [6.45, 7) is 3.97. The number of rotatable bonds is 8. The van der Waals surface area contributed by atoms with Crippen LogP contribution in [0.2, 0.25) is 0 Å². The molecule has 1 aliphatic heterocycles. The fourth-order valence-electron chi connectivity index (χ4n) is 5.75. The highest BCUT2D eigenvalue weighted by Gasteiger charge is 2.34. The van der Waals surface area contributed by atoms with Crippen LogP contribution in [0.4, 0.5) is 0 Å². The first-order valence-corrected chi connectivity index (χ1v) is 16.7. The van der Waals surface area contributed by atoms with Crippen LogP contribution in [0.3, 0.4) is 0 Å². The van der Waals surface area contributed by atoms with E-state index in [4.69, 9.17) is 4.74 Å². The first-order chi connectivity index (χ1) is 23.5. The Bertz CT molecular complexity index is 1580. The van der Waals surface area contributed by atoms with Crippen molar-refractivity contribution in [1.29, 1.82) is 0 Å². The topological polar surface area (TPSA) is 137 Å². The smallest absolute Gasteiger partial charge is 0.255 e. The molecule has 3 aromatic carbocycles. The average molecular weight is 670 g/mol. The van der Waals surface area contributed by atoms with Crippen molar-refractivity contribution >= 4 is 29.5 Å². The lowest BCUT2D eigenvalue weighted by molar-refractivity contribution is -0.146. The zero-order valence-corrected chi connectivity index (χ0v) is 28.7. The fraction of sp³-hybridized carbons (Fsp3) is 0.395. The molecule has 5 amide bonds. The number of carbonyl (C=O) groups excluding carboxylic acids is 5. The molecular formula is C38H47N5O6. The zero-order chi connectivity index (χ0) is 35.3. The first kappa shape index (κ1) is 36.6. The third-order valence-electron chi connectivity index (χ3n) is 8.42. The number of benzene rings is 3. The second kappa shape index (κ2) is 17.8. The maximum absolute atomic E-state index is 13.8. The number of ether oxygens (including phenoxy) is 1.